The molecular weight excluding hydrogens is 291 g/mol. The van der Waals surface area contributed by atoms with Crippen molar-refractivity contribution in [2.24, 2.45) is 0 Å². The SMILES string of the molecule is CC.CNCCOCCOCCOC(C)C(F)CNC(C)=O. The Balaban J connectivity index is 0. The summed E-state index contributed by atoms with van der Waals surface area (Å²) in [5.74, 6) is -0.249. The maximum atomic E-state index is 13.5. The van der Waals surface area contributed by atoms with Crippen molar-refractivity contribution in [2.75, 3.05) is 53.2 Å². The summed E-state index contributed by atoms with van der Waals surface area (Å²) in [5.41, 5.74) is 0. The van der Waals surface area contributed by atoms with Gasteiger partial charge in [0.05, 0.1) is 45.7 Å². The number of nitrogens with one attached hydrogen (secondary N) is 2. The second-order valence-corrected chi connectivity index (χ2v) is 4.36. The Morgan fingerprint density at radius 2 is 1.64 bits per heavy atom. The van der Waals surface area contributed by atoms with Crippen LogP contribution in [0, 0.1) is 0 Å². The molecule has 0 saturated carbocycles. The van der Waals surface area contributed by atoms with E-state index in [0.29, 0.717) is 33.0 Å². The minimum atomic E-state index is -1.22. The second kappa shape index (κ2) is 18.3. The molecule has 0 aliphatic carbocycles. The summed E-state index contributed by atoms with van der Waals surface area (Å²) >= 11 is 0. The molecular formula is C15H33FN2O4. The summed E-state index contributed by atoms with van der Waals surface area (Å²) in [6.07, 6.45) is -1.79. The lowest BCUT2D eigenvalue weighted by atomic mass is 10.2. The lowest BCUT2D eigenvalue weighted by Crippen LogP contribution is -2.35. The molecule has 0 aliphatic heterocycles. The highest BCUT2D eigenvalue weighted by Crippen LogP contribution is 2.02. The zero-order valence-corrected chi connectivity index (χ0v) is 14.6. The Morgan fingerprint density at radius 3 is 2.18 bits per heavy atom. The molecule has 2 N–H and O–H groups in total. The van der Waals surface area contributed by atoms with Gasteiger partial charge in [0, 0.05) is 13.5 Å². The summed E-state index contributed by atoms with van der Waals surface area (Å²) in [6.45, 7) is 10.2. The van der Waals surface area contributed by atoms with Crippen molar-refractivity contribution in [3.63, 3.8) is 0 Å². The largest absolute Gasteiger partial charge is 0.378 e. The van der Waals surface area contributed by atoms with Gasteiger partial charge in [0.15, 0.2) is 0 Å². The monoisotopic (exact) mass is 324 g/mol. The second-order valence-electron chi connectivity index (χ2n) is 4.36. The van der Waals surface area contributed by atoms with E-state index in [2.05, 4.69) is 10.6 Å². The topological polar surface area (TPSA) is 68.8 Å². The number of ether oxygens (including phenoxy) is 3. The predicted octanol–water partition coefficient (Wildman–Crippen LogP) is 1.14. The van der Waals surface area contributed by atoms with E-state index in [-0.39, 0.29) is 12.5 Å². The lowest BCUT2D eigenvalue weighted by molar-refractivity contribution is -0.119. The van der Waals surface area contributed by atoms with E-state index in [0.717, 1.165) is 6.54 Å². The van der Waals surface area contributed by atoms with E-state index in [4.69, 9.17) is 14.2 Å². The van der Waals surface area contributed by atoms with Crippen LogP contribution in [0.25, 0.3) is 0 Å². The molecule has 0 rings (SSSR count). The third kappa shape index (κ3) is 17.3. The fraction of sp³-hybridized carbons (Fsp3) is 0.933. The average Bonchev–Trinajstić information content (AvgIpc) is 2.52. The number of hydrogen-bond acceptors (Lipinski definition) is 5. The third-order valence-corrected chi connectivity index (χ3v) is 2.53. The van der Waals surface area contributed by atoms with Gasteiger partial charge in [-0.2, -0.15) is 0 Å². The van der Waals surface area contributed by atoms with Gasteiger partial charge in [0.1, 0.15) is 6.17 Å². The molecule has 0 aromatic rings. The van der Waals surface area contributed by atoms with Gasteiger partial charge >= 0.3 is 0 Å². The fourth-order valence-corrected chi connectivity index (χ4v) is 1.30. The molecule has 0 bridgehead atoms. The van der Waals surface area contributed by atoms with Gasteiger partial charge in [-0.25, -0.2) is 4.39 Å². The number of rotatable bonds is 13. The van der Waals surface area contributed by atoms with Gasteiger partial charge in [-0.15, -0.1) is 0 Å². The molecule has 134 valence electrons. The van der Waals surface area contributed by atoms with Crippen LogP contribution in [0.2, 0.25) is 0 Å². The third-order valence-electron chi connectivity index (χ3n) is 2.53. The van der Waals surface area contributed by atoms with Crippen LogP contribution in [0.3, 0.4) is 0 Å². The van der Waals surface area contributed by atoms with Crippen LogP contribution in [-0.4, -0.2) is 71.4 Å². The summed E-state index contributed by atoms with van der Waals surface area (Å²) in [7, 11) is 1.86. The number of hydrogen-bond donors (Lipinski definition) is 2. The molecule has 2 unspecified atom stereocenters. The highest BCUT2D eigenvalue weighted by molar-refractivity contribution is 5.72. The molecule has 0 saturated heterocycles. The number of halogens is 1. The standard InChI is InChI=1S/C13H27FN2O4.C2H6/c1-11(13(14)10-16-12(2)17)20-9-8-19-7-6-18-5-4-15-3;1-2/h11,13,15H,4-10H2,1-3H3,(H,16,17);1-2H3. The molecule has 0 aromatic carbocycles. The smallest absolute Gasteiger partial charge is 0.216 e. The zero-order chi connectivity index (χ0) is 17.2. The maximum absolute atomic E-state index is 13.5. The molecule has 0 aromatic heterocycles. The van der Waals surface area contributed by atoms with Gasteiger partial charge in [0.2, 0.25) is 5.91 Å². The fourth-order valence-electron chi connectivity index (χ4n) is 1.30. The Morgan fingerprint density at radius 1 is 1.09 bits per heavy atom. The van der Waals surface area contributed by atoms with Gasteiger partial charge < -0.3 is 24.8 Å². The minimum absolute atomic E-state index is 0.0311. The van der Waals surface area contributed by atoms with Gasteiger partial charge in [-0.3, -0.25) is 4.79 Å². The van der Waals surface area contributed by atoms with Gasteiger partial charge in [0.25, 0.3) is 0 Å². The number of alkyl halides is 1. The molecule has 6 nitrogen and oxygen atoms in total. The molecule has 0 spiro atoms. The predicted molar refractivity (Wildman–Crippen MR) is 85.9 cm³/mol. The normalized spacial score (nSPS) is 13.0. The van der Waals surface area contributed by atoms with Crippen molar-refractivity contribution in [1.29, 1.82) is 0 Å². The van der Waals surface area contributed by atoms with Crippen molar-refractivity contribution in [2.45, 2.75) is 40.0 Å². The van der Waals surface area contributed by atoms with E-state index in [9.17, 15) is 9.18 Å². The van der Waals surface area contributed by atoms with E-state index >= 15 is 0 Å². The van der Waals surface area contributed by atoms with E-state index in [1.807, 2.05) is 20.9 Å². The molecule has 1 amide bonds. The van der Waals surface area contributed by atoms with E-state index < -0.39 is 12.3 Å². The Kier molecular flexibility index (Phi) is 19.5. The van der Waals surface area contributed by atoms with Crippen LogP contribution in [0.1, 0.15) is 27.7 Å². The van der Waals surface area contributed by atoms with Crippen LogP contribution >= 0.6 is 0 Å². The molecule has 22 heavy (non-hydrogen) atoms. The van der Waals surface area contributed by atoms with Crippen molar-refractivity contribution < 1.29 is 23.4 Å². The first-order valence-corrected chi connectivity index (χ1v) is 7.88. The van der Waals surface area contributed by atoms with Crippen molar-refractivity contribution in [3.8, 4) is 0 Å². The molecule has 7 heteroatoms. The molecule has 0 aliphatic rings. The first-order valence-electron chi connectivity index (χ1n) is 7.88. The van der Waals surface area contributed by atoms with Crippen LogP contribution in [0.5, 0.6) is 0 Å². The molecule has 0 radical (unpaired) electrons. The summed E-state index contributed by atoms with van der Waals surface area (Å²) in [6, 6.07) is 0. The van der Waals surface area contributed by atoms with Crippen molar-refractivity contribution in [3.05, 3.63) is 0 Å². The minimum Gasteiger partial charge on any atom is -0.378 e. The van der Waals surface area contributed by atoms with Crippen LogP contribution < -0.4 is 10.6 Å². The highest BCUT2D eigenvalue weighted by Gasteiger charge is 2.16. The van der Waals surface area contributed by atoms with Gasteiger partial charge in [-0.05, 0) is 14.0 Å². The number of likely N-dealkylation sites (N-methyl/N-ethyl adjacent to an activating group) is 1. The van der Waals surface area contributed by atoms with Crippen LogP contribution in [-0.2, 0) is 19.0 Å². The average molecular weight is 324 g/mol. The van der Waals surface area contributed by atoms with Crippen LogP contribution in [0.4, 0.5) is 4.39 Å². The molecule has 2 atom stereocenters. The zero-order valence-electron chi connectivity index (χ0n) is 14.6. The van der Waals surface area contributed by atoms with Crippen molar-refractivity contribution in [1.82, 2.24) is 10.6 Å². The molecule has 0 fully saturated rings. The van der Waals surface area contributed by atoms with Crippen LogP contribution in [0.15, 0.2) is 0 Å². The number of carbonyl (C=O) groups excluding carboxylic acids is 1. The Bertz CT molecular complexity index is 246. The highest BCUT2D eigenvalue weighted by atomic mass is 19.1. The maximum Gasteiger partial charge on any atom is 0.216 e. The Hall–Kier alpha value is -0.760. The van der Waals surface area contributed by atoms with E-state index in [1.54, 1.807) is 6.92 Å². The summed E-state index contributed by atoms with van der Waals surface area (Å²) < 4.78 is 29.3. The summed E-state index contributed by atoms with van der Waals surface area (Å²) in [4.78, 5) is 10.6. The Labute approximate surface area is 134 Å². The quantitative estimate of drug-likeness (QED) is 0.497. The van der Waals surface area contributed by atoms with Crippen molar-refractivity contribution >= 4 is 5.91 Å². The van der Waals surface area contributed by atoms with Gasteiger partial charge in [-0.1, -0.05) is 13.8 Å². The number of carbonyl (C=O) groups is 1. The summed E-state index contributed by atoms with van der Waals surface area (Å²) in [5, 5.41) is 5.39. The first-order chi connectivity index (χ1) is 10.6. The first kappa shape index (κ1) is 23.5. The lowest BCUT2D eigenvalue weighted by Gasteiger charge is -2.17. The molecule has 0 heterocycles. The van der Waals surface area contributed by atoms with E-state index in [1.165, 1.54) is 6.92 Å². The number of amides is 1.